The van der Waals surface area contributed by atoms with Gasteiger partial charge in [0.2, 0.25) is 0 Å². The summed E-state index contributed by atoms with van der Waals surface area (Å²) in [6.45, 7) is 9.31. The molecule has 180 valence electrons. The van der Waals surface area contributed by atoms with Crippen LogP contribution in [0, 0.1) is 0 Å². The van der Waals surface area contributed by atoms with Crippen molar-refractivity contribution in [3.05, 3.63) is 132 Å². The first kappa shape index (κ1) is 25.4. The number of benzene rings is 4. The molecule has 0 atom stereocenters. The normalized spacial score (nSPS) is 12.2. The van der Waals surface area contributed by atoms with Gasteiger partial charge in [-0.05, 0) is 0 Å². The Morgan fingerprint density at radius 2 is 0.743 bits per heavy atom. The van der Waals surface area contributed by atoms with Crippen LogP contribution in [-0.2, 0) is 31.7 Å². The molecule has 0 bridgehead atoms. The number of hydrogen-bond acceptors (Lipinski definition) is 2. The molecule has 2 nitrogen and oxygen atoms in total. The Bertz CT molecular complexity index is 1080. The fraction of sp³-hybridized carbons (Fsp3) is 0.250. The predicted octanol–water partition coefficient (Wildman–Crippen LogP) is 8.92. The van der Waals surface area contributed by atoms with Crippen LogP contribution in [0.5, 0.6) is 11.5 Å². The molecule has 4 aromatic rings. The summed E-state index contributed by atoms with van der Waals surface area (Å²) in [6.07, 6.45) is 0. The summed E-state index contributed by atoms with van der Waals surface area (Å²) in [4.78, 5) is 0. The molecule has 0 aliphatic rings. The average molecular weight is 631 g/mol. The zero-order valence-corrected chi connectivity index (χ0v) is 24.9. The minimum absolute atomic E-state index is 0.0981. The summed E-state index contributed by atoms with van der Waals surface area (Å²) < 4.78 is 16.0. The van der Waals surface area contributed by atoms with Gasteiger partial charge in [-0.3, -0.25) is 0 Å². The molecule has 0 radical (unpaired) electrons. The minimum atomic E-state index is -4.11. The van der Waals surface area contributed by atoms with Gasteiger partial charge in [0.15, 0.2) is 0 Å². The van der Waals surface area contributed by atoms with Crippen LogP contribution in [0.1, 0.15) is 38.8 Å². The van der Waals surface area contributed by atoms with E-state index in [1.54, 1.807) is 0 Å². The number of rotatable bonds is 10. The number of para-hydroxylation sites is 2. The molecule has 0 amide bonds. The van der Waals surface area contributed by atoms with Gasteiger partial charge < -0.3 is 0 Å². The van der Waals surface area contributed by atoms with Crippen molar-refractivity contribution in [2.45, 2.75) is 46.9 Å². The molecule has 3 heteroatoms. The van der Waals surface area contributed by atoms with E-state index in [0.29, 0.717) is 0 Å². The second kappa shape index (κ2) is 11.0. The van der Waals surface area contributed by atoms with Crippen molar-refractivity contribution < 1.29 is 26.6 Å². The Hall–Kier alpha value is -2.65. The van der Waals surface area contributed by atoms with Gasteiger partial charge in [-0.1, -0.05) is 0 Å². The van der Waals surface area contributed by atoms with Gasteiger partial charge in [-0.15, -0.1) is 0 Å². The van der Waals surface area contributed by atoms with Gasteiger partial charge >= 0.3 is 217 Å². The van der Waals surface area contributed by atoms with Crippen molar-refractivity contribution in [1.82, 2.24) is 0 Å². The van der Waals surface area contributed by atoms with Gasteiger partial charge in [0, 0.05) is 0 Å². The summed E-state index contributed by atoms with van der Waals surface area (Å²) in [5, 5.41) is 0. The Balaban J connectivity index is 1.81. The first-order valence-corrected chi connectivity index (χ1v) is 20.4. The average Bonchev–Trinajstić information content (AvgIpc) is 2.86. The Morgan fingerprint density at radius 3 is 1.06 bits per heavy atom. The summed E-state index contributed by atoms with van der Waals surface area (Å²) in [5.41, 5.74) is 2.43. The van der Waals surface area contributed by atoms with E-state index in [0.717, 1.165) is 19.9 Å². The van der Waals surface area contributed by atoms with E-state index in [1.165, 1.54) is 11.1 Å². The molecule has 35 heavy (non-hydrogen) atoms. The van der Waals surface area contributed by atoms with Crippen molar-refractivity contribution >= 4 is 0 Å². The van der Waals surface area contributed by atoms with Crippen LogP contribution in [-0.4, -0.2) is 0 Å². The molecule has 0 saturated heterocycles. The molecule has 0 aliphatic carbocycles. The molecule has 0 fully saturated rings. The fourth-order valence-electron chi connectivity index (χ4n) is 4.96. The quantitative estimate of drug-likeness (QED) is 0.163. The van der Waals surface area contributed by atoms with Crippen molar-refractivity contribution in [1.29, 1.82) is 0 Å². The van der Waals surface area contributed by atoms with Crippen LogP contribution < -0.4 is 5.71 Å². The topological polar surface area (TPSA) is 18.5 Å². The summed E-state index contributed by atoms with van der Waals surface area (Å²) in [6, 6.07) is 42.1. The van der Waals surface area contributed by atoms with Crippen LogP contribution in [0.3, 0.4) is 0 Å². The Labute approximate surface area is 216 Å². The molecule has 0 N–H and O–H groups in total. The molecule has 4 aromatic carbocycles. The third-order valence-corrected chi connectivity index (χ3v) is 21.2. The summed E-state index contributed by atoms with van der Waals surface area (Å²) >= 11 is -4.11. The van der Waals surface area contributed by atoms with Gasteiger partial charge in [-0.2, -0.15) is 0 Å². The third kappa shape index (κ3) is 6.73. The predicted molar refractivity (Wildman–Crippen MR) is 143 cm³/mol. The molecule has 0 spiro atoms. The van der Waals surface area contributed by atoms with Crippen LogP contribution >= 0.6 is 0 Å². The monoisotopic (exact) mass is 632 g/mol. The van der Waals surface area contributed by atoms with E-state index in [1.807, 2.05) is 36.4 Å². The molecule has 0 heterocycles. The summed E-state index contributed by atoms with van der Waals surface area (Å²) in [5.74, 6) is 1.80. The van der Waals surface area contributed by atoms with Crippen molar-refractivity contribution in [2.75, 3.05) is 0 Å². The maximum absolute atomic E-state index is 7.12. The van der Waals surface area contributed by atoms with E-state index >= 15 is 0 Å². The van der Waals surface area contributed by atoms with Gasteiger partial charge in [0.05, 0.1) is 0 Å². The standard InChI is InChI=1S/2C10H13.2C6H6O.Hf/c2*1-10(2,3)9-7-5-4-6-8-9;2*7-6-4-2-1-3-5-6;/h2*4-8H,1H2,2-3H3;2*1-5,7H;/q;;;;+2/p-2. The molecular weight excluding hydrogens is 595 g/mol. The van der Waals surface area contributed by atoms with Crippen LogP contribution in [0.15, 0.2) is 121 Å². The molecule has 0 aromatic heterocycles. The van der Waals surface area contributed by atoms with Crippen molar-refractivity contribution in [3.63, 3.8) is 0 Å². The second-order valence-corrected chi connectivity index (χ2v) is 21.1. The first-order chi connectivity index (χ1) is 16.8. The van der Waals surface area contributed by atoms with E-state index in [2.05, 4.69) is 113 Å². The molecule has 4 rings (SSSR count). The maximum atomic E-state index is 7.12. The molecule has 0 unspecified atom stereocenters. The zero-order chi connectivity index (χ0) is 24.8. The van der Waals surface area contributed by atoms with Crippen LogP contribution in [0.25, 0.3) is 0 Å². The van der Waals surface area contributed by atoms with Crippen molar-refractivity contribution in [2.24, 2.45) is 0 Å². The Kier molecular flexibility index (Phi) is 7.96. The summed E-state index contributed by atoms with van der Waals surface area (Å²) in [7, 11) is 0. The van der Waals surface area contributed by atoms with E-state index in [9.17, 15) is 0 Å². The number of hydrogen-bond donors (Lipinski definition) is 0. The molecule has 0 saturated carbocycles. The van der Waals surface area contributed by atoms with Gasteiger partial charge in [0.1, 0.15) is 0 Å². The molecular formula is C32H36HfO2. The third-order valence-electron chi connectivity index (χ3n) is 6.63. The van der Waals surface area contributed by atoms with E-state index in [4.69, 9.17) is 5.71 Å². The van der Waals surface area contributed by atoms with Gasteiger partial charge in [-0.25, -0.2) is 0 Å². The van der Waals surface area contributed by atoms with E-state index < -0.39 is 20.8 Å². The fourth-order valence-corrected chi connectivity index (χ4v) is 21.8. The van der Waals surface area contributed by atoms with E-state index in [-0.39, 0.29) is 10.8 Å². The SMILES string of the molecule is CC(C)([CH2][Hf]([CH2]C(C)(C)c1ccccc1)([O]c1ccccc1)[O]c1ccccc1)c1ccccc1. The van der Waals surface area contributed by atoms with Crippen molar-refractivity contribution in [3.8, 4) is 11.5 Å². The van der Waals surface area contributed by atoms with Crippen LogP contribution in [0.2, 0.25) is 8.35 Å². The zero-order valence-electron chi connectivity index (χ0n) is 21.3. The Morgan fingerprint density at radius 1 is 0.457 bits per heavy atom. The van der Waals surface area contributed by atoms with Gasteiger partial charge in [0.25, 0.3) is 0 Å². The molecule has 0 aliphatic heterocycles. The van der Waals surface area contributed by atoms with Crippen LogP contribution in [0.4, 0.5) is 0 Å². The first-order valence-electron chi connectivity index (χ1n) is 12.4. The second-order valence-electron chi connectivity index (χ2n) is 10.6.